The Morgan fingerprint density at radius 1 is 0.912 bits per heavy atom. The number of alkyl halides is 3. The van der Waals surface area contributed by atoms with Crippen molar-refractivity contribution in [2.45, 2.75) is 20.0 Å². The number of nitrogens with one attached hydrogen (secondary N) is 2. The first kappa shape index (κ1) is 23.2. The molecule has 5 nitrogen and oxygen atoms in total. The minimum Gasteiger partial charge on any atom is -0.490 e. The van der Waals surface area contributed by atoms with Crippen LogP contribution in [0.3, 0.4) is 0 Å². The van der Waals surface area contributed by atoms with Crippen LogP contribution in [-0.4, -0.2) is 19.1 Å². The first-order valence-electron chi connectivity index (χ1n) is 10.8. The van der Waals surface area contributed by atoms with Gasteiger partial charge in [0.05, 0.1) is 35.7 Å². The zero-order valence-electron chi connectivity index (χ0n) is 18.6. The van der Waals surface area contributed by atoms with Crippen LogP contribution in [0.1, 0.15) is 30.5 Å². The van der Waals surface area contributed by atoms with E-state index in [2.05, 4.69) is 10.6 Å². The average molecular weight is 468 g/mol. The second kappa shape index (κ2) is 9.51. The van der Waals surface area contributed by atoms with Crippen LogP contribution < -0.4 is 20.1 Å². The van der Waals surface area contributed by atoms with Crippen molar-refractivity contribution in [3.63, 3.8) is 0 Å². The molecule has 0 spiro atoms. The van der Waals surface area contributed by atoms with Gasteiger partial charge in [0, 0.05) is 17.3 Å². The fourth-order valence-corrected chi connectivity index (χ4v) is 3.73. The summed E-state index contributed by atoms with van der Waals surface area (Å²) in [4.78, 5) is 13.1. The molecule has 176 valence electrons. The highest BCUT2D eigenvalue weighted by atomic mass is 19.4. The Bertz CT molecular complexity index is 1220. The molecule has 3 aromatic rings. The molecule has 0 unspecified atom stereocenters. The van der Waals surface area contributed by atoms with E-state index < -0.39 is 11.7 Å². The molecule has 0 aliphatic carbocycles. The molecule has 1 heterocycles. The Morgan fingerprint density at radius 3 is 2.12 bits per heavy atom. The van der Waals surface area contributed by atoms with Gasteiger partial charge in [0.1, 0.15) is 0 Å². The van der Waals surface area contributed by atoms with E-state index in [1.54, 1.807) is 12.1 Å². The molecule has 1 amide bonds. The van der Waals surface area contributed by atoms with Crippen molar-refractivity contribution in [2.75, 3.05) is 23.8 Å². The molecule has 1 aliphatic rings. The third-order valence-electron chi connectivity index (χ3n) is 5.22. The largest absolute Gasteiger partial charge is 0.490 e. The number of rotatable bonds is 7. The number of halogens is 3. The van der Waals surface area contributed by atoms with Gasteiger partial charge in [-0.1, -0.05) is 30.3 Å². The molecule has 0 saturated carbocycles. The van der Waals surface area contributed by atoms with Crippen LogP contribution in [0.4, 0.5) is 24.5 Å². The monoisotopic (exact) mass is 468 g/mol. The topological polar surface area (TPSA) is 59.6 Å². The van der Waals surface area contributed by atoms with Gasteiger partial charge in [0.15, 0.2) is 11.5 Å². The Hall–Kier alpha value is -3.94. The lowest BCUT2D eigenvalue weighted by molar-refractivity contribution is -0.137. The number of carbonyl (C=O) groups is 1. The molecular weight excluding hydrogens is 445 g/mol. The summed E-state index contributed by atoms with van der Waals surface area (Å²) < 4.78 is 50.4. The van der Waals surface area contributed by atoms with E-state index in [1.807, 2.05) is 44.2 Å². The highest BCUT2D eigenvalue weighted by Crippen LogP contribution is 2.43. The highest BCUT2D eigenvalue weighted by molar-refractivity contribution is 6.37. The van der Waals surface area contributed by atoms with E-state index in [9.17, 15) is 18.0 Å². The Balaban J connectivity index is 1.85. The van der Waals surface area contributed by atoms with Gasteiger partial charge in [0.2, 0.25) is 0 Å². The maximum Gasteiger partial charge on any atom is 0.416 e. The van der Waals surface area contributed by atoms with Crippen molar-refractivity contribution in [1.82, 2.24) is 0 Å². The molecule has 4 rings (SSSR count). The summed E-state index contributed by atoms with van der Waals surface area (Å²) >= 11 is 0. The third-order valence-corrected chi connectivity index (χ3v) is 5.22. The number of carbonyl (C=O) groups excluding carboxylic acids is 1. The van der Waals surface area contributed by atoms with Crippen LogP contribution >= 0.6 is 0 Å². The minimum atomic E-state index is -4.43. The highest BCUT2D eigenvalue weighted by Gasteiger charge is 2.32. The van der Waals surface area contributed by atoms with Crippen molar-refractivity contribution in [1.29, 1.82) is 0 Å². The lowest BCUT2D eigenvalue weighted by Crippen LogP contribution is -2.10. The SMILES string of the molecule is CCOc1cc2c(cc1OCC)C(=C(Nc1ccc(C(F)(F)F)cc1)c1ccccc1)C(=O)N2. The lowest BCUT2D eigenvalue weighted by Gasteiger charge is -2.16. The van der Waals surface area contributed by atoms with Crippen molar-refractivity contribution >= 4 is 28.6 Å². The standard InChI is InChI=1S/C26H23F3N2O3/c1-3-33-21-14-19-20(15-22(21)34-4-2)31-25(32)23(19)24(16-8-6-5-7-9-16)30-18-12-10-17(11-13-18)26(27,28)29/h5-15,30H,3-4H2,1-2H3,(H,31,32). The van der Waals surface area contributed by atoms with Gasteiger partial charge >= 0.3 is 6.18 Å². The normalized spacial score (nSPS) is 14.3. The van der Waals surface area contributed by atoms with Gasteiger partial charge in [0.25, 0.3) is 5.91 Å². The molecule has 0 fully saturated rings. The maximum atomic E-state index is 13.1. The molecular formula is C26H23F3N2O3. The van der Waals surface area contributed by atoms with Gasteiger partial charge < -0.3 is 20.1 Å². The van der Waals surface area contributed by atoms with Crippen LogP contribution in [0.5, 0.6) is 11.5 Å². The summed E-state index contributed by atoms with van der Waals surface area (Å²) in [5.41, 5.74) is 2.35. The molecule has 34 heavy (non-hydrogen) atoms. The smallest absolute Gasteiger partial charge is 0.416 e. The Labute approximate surface area is 195 Å². The van der Waals surface area contributed by atoms with Crippen LogP contribution in [0, 0.1) is 0 Å². The zero-order chi connectivity index (χ0) is 24.3. The van der Waals surface area contributed by atoms with Gasteiger partial charge in [-0.05, 0) is 49.7 Å². The van der Waals surface area contributed by atoms with Crippen molar-refractivity contribution in [3.05, 3.63) is 83.4 Å². The molecule has 3 aromatic carbocycles. The van der Waals surface area contributed by atoms with E-state index in [0.29, 0.717) is 58.5 Å². The third kappa shape index (κ3) is 4.71. The summed E-state index contributed by atoms with van der Waals surface area (Å²) in [5, 5.41) is 6.02. The second-order valence-corrected chi connectivity index (χ2v) is 7.48. The first-order valence-corrected chi connectivity index (χ1v) is 10.8. The second-order valence-electron chi connectivity index (χ2n) is 7.48. The van der Waals surface area contributed by atoms with Crippen molar-refractivity contribution < 1.29 is 27.4 Å². The molecule has 0 atom stereocenters. The maximum absolute atomic E-state index is 13.1. The number of amides is 1. The summed E-state index contributed by atoms with van der Waals surface area (Å²) in [5.74, 6) is 0.671. The van der Waals surface area contributed by atoms with E-state index >= 15 is 0 Å². The van der Waals surface area contributed by atoms with Gasteiger partial charge in [-0.25, -0.2) is 0 Å². The van der Waals surface area contributed by atoms with Crippen LogP contribution in [0.25, 0.3) is 11.3 Å². The predicted molar refractivity (Wildman–Crippen MR) is 126 cm³/mol. The molecule has 0 radical (unpaired) electrons. The molecule has 0 saturated heterocycles. The van der Waals surface area contributed by atoms with Gasteiger partial charge in [-0.3, -0.25) is 4.79 Å². The number of fused-ring (bicyclic) bond motifs is 1. The van der Waals surface area contributed by atoms with E-state index in [4.69, 9.17) is 9.47 Å². The number of ether oxygens (including phenoxy) is 2. The van der Waals surface area contributed by atoms with E-state index in [1.165, 1.54) is 12.1 Å². The zero-order valence-corrected chi connectivity index (χ0v) is 18.6. The van der Waals surface area contributed by atoms with Gasteiger partial charge in [-0.2, -0.15) is 13.2 Å². The number of benzene rings is 3. The van der Waals surface area contributed by atoms with Gasteiger partial charge in [-0.15, -0.1) is 0 Å². The fraction of sp³-hybridized carbons (Fsp3) is 0.192. The van der Waals surface area contributed by atoms with E-state index in [0.717, 1.165) is 12.1 Å². The van der Waals surface area contributed by atoms with Crippen molar-refractivity contribution in [3.8, 4) is 11.5 Å². The van der Waals surface area contributed by atoms with E-state index in [-0.39, 0.29) is 5.91 Å². The van der Waals surface area contributed by atoms with Crippen molar-refractivity contribution in [2.24, 2.45) is 0 Å². The predicted octanol–water partition coefficient (Wildman–Crippen LogP) is 6.44. The number of anilines is 2. The molecule has 2 N–H and O–H groups in total. The molecule has 0 bridgehead atoms. The fourth-order valence-electron chi connectivity index (χ4n) is 3.73. The summed E-state index contributed by atoms with van der Waals surface area (Å²) in [6.07, 6.45) is -4.43. The van der Waals surface area contributed by atoms with Crippen LogP contribution in [0.15, 0.2) is 66.7 Å². The number of hydrogen-bond donors (Lipinski definition) is 2. The lowest BCUT2D eigenvalue weighted by atomic mass is 9.99. The minimum absolute atomic E-state index is 0.343. The Kier molecular flexibility index (Phi) is 6.49. The first-order chi connectivity index (χ1) is 16.3. The average Bonchev–Trinajstić information content (AvgIpc) is 3.13. The summed E-state index contributed by atoms with van der Waals surface area (Å²) in [6.45, 7) is 4.55. The molecule has 0 aromatic heterocycles. The van der Waals surface area contributed by atoms with Crippen LogP contribution in [-0.2, 0) is 11.0 Å². The number of hydrogen-bond acceptors (Lipinski definition) is 4. The summed E-state index contributed by atoms with van der Waals surface area (Å²) in [6, 6.07) is 17.3. The summed E-state index contributed by atoms with van der Waals surface area (Å²) in [7, 11) is 0. The molecule has 1 aliphatic heterocycles. The molecule has 8 heteroatoms. The quantitative estimate of drug-likeness (QED) is 0.392. The van der Waals surface area contributed by atoms with Crippen LogP contribution in [0.2, 0.25) is 0 Å². The Morgan fingerprint density at radius 2 is 1.53 bits per heavy atom.